The predicted molar refractivity (Wildman–Crippen MR) is 94.2 cm³/mol. The third-order valence-corrected chi connectivity index (χ3v) is 5.08. The van der Waals surface area contributed by atoms with E-state index < -0.39 is 5.41 Å². The van der Waals surface area contributed by atoms with Crippen LogP contribution in [0.25, 0.3) is 0 Å². The quantitative estimate of drug-likeness (QED) is 0.867. The minimum Gasteiger partial charge on any atom is -0.325 e. The summed E-state index contributed by atoms with van der Waals surface area (Å²) in [5.41, 5.74) is 1.84. The summed E-state index contributed by atoms with van der Waals surface area (Å²) in [6, 6.07) is 14.8. The highest BCUT2D eigenvalue weighted by molar-refractivity contribution is 6.30. The highest BCUT2D eigenvalue weighted by Gasteiger charge is 2.58. The Morgan fingerprint density at radius 3 is 2.46 bits per heavy atom. The highest BCUT2D eigenvalue weighted by atomic mass is 35.5. The fourth-order valence-electron chi connectivity index (χ4n) is 3.25. The molecular weight excluding hydrogens is 324 g/mol. The second kappa shape index (κ2) is 5.64. The lowest BCUT2D eigenvalue weighted by Crippen LogP contribution is -2.42. The van der Waals surface area contributed by atoms with Crippen molar-refractivity contribution in [2.75, 3.05) is 16.8 Å². The first-order valence-corrected chi connectivity index (χ1v) is 8.45. The minimum absolute atomic E-state index is 0.0843. The average molecular weight is 341 g/mol. The monoisotopic (exact) mass is 340 g/mol. The summed E-state index contributed by atoms with van der Waals surface area (Å²) >= 11 is 5.86. The topological polar surface area (TPSA) is 49.4 Å². The van der Waals surface area contributed by atoms with Crippen LogP contribution in [0.2, 0.25) is 5.02 Å². The van der Waals surface area contributed by atoms with Crippen molar-refractivity contribution < 1.29 is 9.59 Å². The second-order valence-electron chi connectivity index (χ2n) is 6.38. The molecule has 0 aromatic heterocycles. The van der Waals surface area contributed by atoms with Gasteiger partial charge in [0.2, 0.25) is 11.8 Å². The van der Waals surface area contributed by atoms with Crippen LogP contribution in [0.3, 0.4) is 0 Å². The van der Waals surface area contributed by atoms with E-state index in [2.05, 4.69) is 5.32 Å². The maximum absolute atomic E-state index is 13.0. The maximum Gasteiger partial charge on any atom is 0.242 e. The van der Waals surface area contributed by atoms with E-state index in [1.807, 2.05) is 24.3 Å². The van der Waals surface area contributed by atoms with Gasteiger partial charge in [-0.05, 0) is 55.2 Å². The number of carbonyl (C=O) groups excluding carboxylic acids is 2. The SMILES string of the molecule is O=C(Nc1ccc(Cl)cc1)C1(C(=O)N2CCc3ccccc32)CC1. The van der Waals surface area contributed by atoms with E-state index in [0.29, 0.717) is 30.1 Å². The Hall–Kier alpha value is -2.33. The molecule has 1 N–H and O–H groups in total. The Balaban J connectivity index is 1.54. The maximum atomic E-state index is 13.0. The number of hydrogen-bond donors (Lipinski definition) is 1. The van der Waals surface area contributed by atoms with Gasteiger partial charge in [-0.25, -0.2) is 0 Å². The first kappa shape index (κ1) is 15.2. The van der Waals surface area contributed by atoms with Gasteiger partial charge in [0.05, 0.1) is 0 Å². The van der Waals surface area contributed by atoms with Crippen molar-refractivity contribution in [1.82, 2.24) is 0 Å². The van der Waals surface area contributed by atoms with Crippen LogP contribution in [0, 0.1) is 5.41 Å². The van der Waals surface area contributed by atoms with Crippen LogP contribution >= 0.6 is 11.6 Å². The largest absolute Gasteiger partial charge is 0.325 e. The summed E-state index contributed by atoms with van der Waals surface area (Å²) in [4.78, 5) is 27.5. The van der Waals surface area contributed by atoms with E-state index in [1.54, 1.807) is 29.2 Å². The van der Waals surface area contributed by atoms with Crippen LogP contribution in [-0.4, -0.2) is 18.4 Å². The average Bonchev–Trinajstić information content (AvgIpc) is 3.30. The van der Waals surface area contributed by atoms with Gasteiger partial charge >= 0.3 is 0 Å². The molecule has 2 aromatic rings. The Morgan fingerprint density at radius 1 is 1.04 bits per heavy atom. The van der Waals surface area contributed by atoms with E-state index in [4.69, 9.17) is 11.6 Å². The Bertz CT molecular complexity index is 812. The summed E-state index contributed by atoms with van der Waals surface area (Å²) in [5.74, 6) is -0.307. The fraction of sp³-hybridized carbons (Fsp3) is 0.263. The molecule has 0 saturated heterocycles. The fourth-order valence-corrected chi connectivity index (χ4v) is 3.38. The van der Waals surface area contributed by atoms with Crippen molar-refractivity contribution in [3.8, 4) is 0 Å². The second-order valence-corrected chi connectivity index (χ2v) is 6.82. The van der Waals surface area contributed by atoms with Gasteiger partial charge in [0.25, 0.3) is 0 Å². The van der Waals surface area contributed by atoms with E-state index in [9.17, 15) is 9.59 Å². The Morgan fingerprint density at radius 2 is 1.75 bits per heavy atom. The van der Waals surface area contributed by atoms with E-state index >= 15 is 0 Å². The molecule has 2 aromatic carbocycles. The number of amides is 2. The Labute approximate surface area is 145 Å². The lowest BCUT2D eigenvalue weighted by molar-refractivity contribution is -0.132. The molecule has 1 aliphatic heterocycles. The van der Waals surface area contributed by atoms with Gasteiger partial charge in [0, 0.05) is 22.9 Å². The molecule has 122 valence electrons. The number of halogens is 1. The number of carbonyl (C=O) groups is 2. The molecular formula is C19H17ClN2O2. The van der Waals surface area contributed by atoms with Gasteiger partial charge in [0.15, 0.2) is 0 Å². The molecule has 4 rings (SSSR count). The first-order chi connectivity index (χ1) is 11.6. The molecule has 1 saturated carbocycles. The number of fused-ring (bicyclic) bond motifs is 1. The number of rotatable bonds is 3. The van der Waals surface area contributed by atoms with E-state index in [1.165, 1.54) is 5.56 Å². The molecule has 2 amide bonds. The van der Waals surface area contributed by atoms with Crippen molar-refractivity contribution in [2.45, 2.75) is 19.3 Å². The van der Waals surface area contributed by atoms with Crippen LogP contribution in [0.5, 0.6) is 0 Å². The Kier molecular flexibility index (Phi) is 3.57. The molecule has 24 heavy (non-hydrogen) atoms. The normalized spacial score (nSPS) is 17.3. The van der Waals surface area contributed by atoms with Crippen molar-refractivity contribution in [3.63, 3.8) is 0 Å². The third kappa shape index (κ3) is 2.47. The number of para-hydroxylation sites is 1. The molecule has 0 atom stereocenters. The molecule has 1 fully saturated rings. The van der Waals surface area contributed by atoms with Crippen LogP contribution in [0.15, 0.2) is 48.5 Å². The smallest absolute Gasteiger partial charge is 0.242 e. The summed E-state index contributed by atoms with van der Waals surface area (Å²) in [5, 5.41) is 3.47. The molecule has 0 unspecified atom stereocenters. The van der Waals surface area contributed by atoms with Crippen LogP contribution in [-0.2, 0) is 16.0 Å². The van der Waals surface area contributed by atoms with Crippen molar-refractivity contribution in [3.05, 3.63) is 59.1 Å². The van der Waals surface area contributed by atoms with Crippen LogP contribution in [0.4, 0.5) is 11.4 Å². The molecule has 1 heterocycles. The van der Waals surface area contributed by atoms with Crippen LogP contribution in [0.1, 0.15) is 18.4 Å². The molecule has 5 heteroatoms. The summed E-state index contributed by atoms with van der Waals surface area (Å²) in [6.45, 7) is 0.647. The third-order valence-electron chi connectivity index (χ3n) is 4.83. The molecule has 0 radical (unpaired) electrons. The van der Waals surface area contributed by atoms with Gasteiger partial charge in [-0.1, -0.05) is 29.8 Å². The van der Waals surface area contributed by atoms with Gasteiger partial charge < -0.3 is 10.2 Å². The van der Waals surface area contributed by atoms with Crippen molar-refractivity contribution in [1.29, 1.82) is 0 Å². The van der Waals surface area contributed by atoms with E-state index in [-0.39, 0.29) is 11.8 Å². The van der Waals surface area contributed by atoms with Gasteiger partial charge in [0.1, 0.15) is 5.41 Å². The lowest BCUT2D eigenvalue weighted by atomic mass is 10.0. The first-order valence-electron chi connectivity index (χ1n) is 8.07. The van der Waals surface area contributed by atoms with Gasteiger partial charge in [-0.2, -0.15) is 0 Å². The number of benzene rings is 2. The molecule has 0 bridgehead atoms. The zero-order chi connectivity index (χ0) is 16.7. The number of nitrogens with one attached hydrogen (secondary N) is 1. The molecule has 4 nitrogen and oxygen atoms in total. The highest BCUT2D eigenvalue weighted by Crippen LogP contribution is 2.49. The zero-order valence-corrected chi connectivity index (χ0v) is 13.8. The summed E-state index contributed by atoms with van der Waals surface area (Å²) in [6.07, 6.45) is 2.05. The standard InChI is InChI=1S/C19H17ClN2O2/c20-14-5-7-15(8-6-14)21-17(23)19(10-11-19)18(24)22-12-9-13-3-1-2-4-16(13)22/h1-8H,9-12H2,(H,21,23). The minimum atomic E-state index is -0.920. The summed E-state index contributed by atoms with van der Waals surface area (Å²) < 4.78 is 0. The number of hydrogen-bond acceptors (Lipinski definition) is 2. The zero-order valence-electron chi connectivity index (χ0n) is 13.1. The number of anilines is 2. The van der Waals surface area contributed by atoms with E-state index in [0.717, 1.165) is 12.1 Å². The van der Waals surface area contributed by atoms with Gasteiger partial charge in [-0.15, -0.1) is 0 Å². The lowest BCUT2D eigenvalue weighted by Gasteiger charge is -2.23. The number of nitrogens with zero attached hydrogens (tertiary/aromatic N) is 1. The van der Waals surface area contributed by atoms with Crippen molar-refractivity contribution >= 4 is 34.8 Å². The molecule has 1 aliphatic carbocycles. The molecule has 0 spiro atoms. The van der Waals surface area contributed by atoms with Crippen LogP contribution < -0.4 is 10.2 Å². The molecule has 2 aliphatic rings. The predicted octanol–water partition coefficient (Wildman–Crippen LogP) is 3.65. The summed E-state index contributed by atoms with van der Waals surface area (Å²) in [7, 11) is 0. The van der Waals surface area contributed by atoms with Gasteiger partial charge in [-0.3, -0.25) is 9.59 Å². The van der Waals surface area contributed by atoms with Crippen molar-refractivity contribution in [2.24, 2.45) is 5.41 Å².